The van der Waals surface area contributed by atoms with E-state index in [-0.39, 0.29) is 5.41 Å². The minimum absolute atomic E-state index is 0.195. The molecule has 2 heterocycles. The summed E-state index contributed by atoms with van der Waals surface area (Å²) in [6.07, 6.45) is 2.65. The standard InChI is InChI=1S/C16H24ClN3/c1-11(2)16(4,5)10-20-13(6-8-17)19-14-12(3)7-9-18-15(14)20/h7,9,11H,6,8,10H2,1-5H3. The second-order valence-electron chi connectivity index (χ2n) is 6.50. The van der Waals surface area contributed by atoms with Crippen LogP contribution in [0.25, 0.3) is 11.2 Å². The van der Waals surface area contributed by atoms with E-state index in [0.717, 1.165) is 30.0 Å². The van der Waals surface area contributed by atoms with Crippen molar-refractivity contribution in [3.63, 3.8) is 0 Å². The van der Waals surface area contributed by atoms with Crippen LogP contribution in [0.3, 0.4) is 0 Å². The van der Waals surface area contributed by atoms with E-state index in [1.807, 2.05) is 12.3 Å². The zero-order chi connectivity index (χ0) is 14.9. The quantitative estimate of drug-likeness (QED) is 0.773. The van der Waals surface area contributed by atoms with E-state index in [9.17, 15) is 0 Å². The number of halogens is 1. The molecule has 4 heteroatoms. The third-order valence-electron chi connectivity index (χ3n) is 4.36. The largest absolute Gasteiger partial charge is 0.312 e. The average Bonchev–Trinajstić information content (AvgIpc) is 2.69. The Morgan fingerprint density at radius 1 is 1.35 bits per heavy atom. The van der Waals surface area contributed by atoms with Crippen LogP contribution in [-0.2, 0) is 13.0 Å². The Morgan fingerprint density at radius 2 is 2.05 bits per heavy atom. The lowest BCUT2D eigenvalue weighted by Crippen LogP contribution is -2.26. The van der Waals surface area contributed by atoms with Gasteiger partial charge in [0.25, 0.3) is 0 Å². The van der Waals surface area contributed by atoms with Gasteiger partial charge >= 0.3 is 0 Å². The highest BCUT2D eigenvalue weighted by Gasteiger charge is 2.25. The van der Waals surface area contributed by atoms with Crippen LogP contribution in [0.1, 0.15) is 39.1 Å². The Balaban J connectivity index is 2.54. The molecule has 20 heavy (non-hydrogen) atoms. The summed E-state index contributed by atoms with van der Waals surface area (Å²) < 4.78 is 2.25. The van der Waals surface area contributed by atoms with E-state index in [1.54, 1.807) is 0 Å². The van der Waals surface area contributed by atoms with Crippen LogP contribution < -0.4 is 0 Å². The van der Waals surface area contributed by atoms with Gasteiger partial charge in [0, 0.05) is 25.0 Å². The number of hydrogen-bond donors (Lipinski definition) is 0. The van der Waals surface area contributed by atoms with Gasteiger partial charge in [-0.2, -0.15) is 0 Å². The molecule has 0 unspecified atom stereocenters. The van der Waals surface area contributed by atoms with Crippen molar-refractivity contribution >= 4 is 22.8 Å². The monoisotopic (exact) mass is 293 g/mol. The Hall–Kier alpha value is -1.09. The molecule has 3 nitrogen and oxygen atoms in total. The molecule has 110 valence electrons. The zero-order valence-corrected chi connectivity index (χ0v) is 13.8. The molecule has 0 aliphatic heterocycles. The fraction of sp³-hybridized carbons (Fsp3) is 0.625. The molecule has 2 aromatic heterocycles. The van der Waals surface area contributed by atoms with Crippen LogP contribution in [0, 0.1) is 18.3 Å². The molecule has 2 aromatic rings. The number of imidazole rings is 1. The molecule has 0 bridgehead atoms. The summed E-state index contributed by atoms with van der Waals surface area (Å²) in [5.41, 5.74) is 3.36. The van der Waals surface area contributed by atoms with Crippen molar-refractivity contribution in [2.75, 3.05) is 5.88 Å². The smallest absolute Gasteiger partial charge is 0.160 e. The van der Waals surface area contributed by atoms with Crippen molar-refractivity contribution in [3.05, 3.63) is 23.7 Å². The first kappa shape index (κ1) is 15.3. The predicted octanol–water partition coefficient (Wildman–Crippen LogP) is 4.20. The molecule has 0 aromatic carbocycles. The number of fused-ring (bicyclic) bond motifs is 1. The molecular formula is C16H24ClN3. The van der Waals surface area contributed by atoms with E-state index >= 15 is 0 Å². The Labute approximate surface area is 126 Å². The lowest BCUT2D eigenvalue weighted by Gasteiger charge is -2.30. The van der Waals surface area contributed by atoms with E-state index < -0.39 is 0 Å². The SMILES string of the molecule is Cc1ccnc2c1nc(CCCl)n2CC(C)(C)C(C)C. The van der Waals surface area contributed by atoms with Gasteiger partial charge in [-0.15, -0.1) is 11.6 Å². The third-order valence-corrected chi connectivity index (χ3v) is 4.55. The third kappa shape index (κ3) is 2.83. The van der Waals surface area contributed by atoms with Crippen molar-refractivity contribution in [1.29, 1.82) is 0 Å². The first-order chi connectivity index (χ1) is 9.36. The summed E-state index contributed by atoms with van der Waals surface area (Å²) in [7, 11) is 0. The fourth-order valence-corrected chi connectivity index (χ4v) is 2.38. The Morgan fingerprint density at radius 3 is 2.65 bits per heavy atom. The molecule has 0 radical (unpaired) electrons. The van der Waals surface area contributed by atoms with Gasteiger partial charge in [0.15, 0.2) is 5.65 Å². The van der Waals surface area contributed by atoms with Gasteiger partial charge in [0.1, 0.15) is 11.3 Å². The van der Waals surface area contributed by atoms with Crippen molar-refractivity contribution < 1.29 is 0 Å². The maximum Gasteiger partial charge on any atom is 0.160 e. The first-order valence-corrected chi connectivity index (χ1v) is 7.77. The Bertz CT molecular complexity index is 599. The maximum absolute atomic E-state index is 5.94. The van der Waals surface area contributed by atoms with Crippen LogP contribution >= 0.6 is 11.6 Å². The fourth-order valence-electron chi connectivity index (χ4n) is 2.22. The van der Waals surface area contributed by atoms with Gasteiger partial charge in [-0.3, -0.25) is 0 Å². The Kier molecular flexibility index (Phi) is 4.38. The van der Waals surface area contributed by atoms with Crippen LogP contribution in [0.5, 0.6) is 0 Å². The number of aryl methyl sites for hydroxylation is 2. The van der Waals surface area contributed by atoms with Crippen LogP contribution in [0.15, 0.2) is 12.3 Å². The number of pyridine rings is 1. The molecular weight excluding hydrogens is 270 g/mol. The van der Waals surface area contributed by atoms with Crippen LogP contribution in [-0.4, -0.2) is 20.4 Å². The van der Waals surface area contributed by atoms with E-state index in [1.165, 1.54) is 5.56 Å². The van der Waals surface area contributed by atoms with Gasteiger partial charge in [0.05, 0.1) is 0 Å². The molecule has 0 fully saturated rings. The molecule has 0 saturated heterocycles. The molecule has 0 spiro atoms. The van der Waals surface area contributed by atoms with E-state index in [4.69, 9.17) is 16.6 Å². The summed E-state index contributed by atoms with van der Waals surface area (Å²) in [6.45, 7) is 12.1. The van der Waals surface area contributed by atoms with Gasteiger partial charge in [-0.25, -0.2) is 9.97 Å². The van der Waals surface area contributed by atoms with Crippen molar-refractivity contribution in [2.24, 2.45) is 11.3 Å². The van der Waals surface area contributed by atoms with E-state index in [0.29, 0.717) is 11.8 Å². The summed E-state index contributed by atoms with van der Waals surface area (Å²) in [6, 6.07) is 2.01. The van der Waals surface area contributed by atoms with Crippen molar-refractivity contribution in [1.82, 2.24) is 14.5 Å². The topological polar surface area (TPSA) is 30.7 Å². The number of rotatable bonds is 5. The average molecular weight is 294 g/mol. The number of nitrogens with zero attached hydrogens (tertiary/aromatic N) is 3. The molecule has 0 N–H and O–H groups in total. The molecule has 0 atom stereocenters. The number of alkyl halides is 1. The summed E-state index contributed by atoms with van der Waals surface area (Å²) in [5.74, 6) is 2.23. The normalized spacial score (nSPS) is 12.6. The molecule has 0 saturated carbocycles. The van der Waals surface area contributed by atoms with Gasteiger partial charge in [-0.05, 0) is 29.9 Å². The lowest BCUT2D eigenvalue weighted by atomic mass is 9.81. The molecule has 2 rings (SSSR count). The van der Waals surface area contributed by atoms with Crippen molar-refractivity contribution in [2.45, 2.75) is 47.6 Å². The summed E-state index contributed by atoms with van der Waals surface area (Å²) in [4.78, 5) is 9.31. The minimum Gasteiger partial charge on any atom is -0.312 e. The first-order valence-electron chi connectivity index (χ1n) is 7.23. The second kappa shape index (κ2) is 5.72. The highest BCUT2D eigenvalue weighted by molar-refractivity contribution is 6.17. The van der Waals surface area contributed by atoms with E-state index in [2.05, 4.69) is 44.2 Å². The number of hydrogen-bond acceptors (Lipinski definition) is 2. The van der Waals surface area contributed by atoms with Gasteiger partial charge < -0.3 is 4.57 Å². The van der Waals surface area contributed by atoms with Gasteiger partial charge in [0.2, 0.25) is 0 Å². The minimum atomic E-state index is 0.195. The van der Waals surface area contributed by atoms with Crippen LogP contribution in [0.2, 0.25) is 0 Å². The molecule has 0 amide bonds. The molecule has 0 aliphatic carbocycles. The predicted molar refractivity (Wildman–Crippen MR) is 85.3 cm³/mol. The zero-order valence-electron chi connectivity index (χ0n) is 13.1. The lowest BCUT2D eigenvalue weighted by molar-refractivity contribution is 0.210. The highest BCUT2D eigenvalue weighted by atomic mass is 35.5. The molecule has 0 aliphatic rings. The van der Waals surface area contributed by atoms with Crippen molar-refractivity contribution in [3.8, 4) is 0 Å². The maximum atomic E-state index is 5.94. The van der Waals surface area contributed by atoms with Crippen LogP contribution in [0.4, 0.5) is 0 Å². The van der Waals surface area contributed by atoms with Gasteiger partial charge in [-0.1, -0.05) is 27.7 Å². The summed E-state index contributed by atoms with van der Waals surface area (Å²) in [5, 5.41) is 0. The summed E-state index contributed by atoms with van der Waals surface area (Å²) >= 11 is 5.94. The highest BCUT2D eigenvalue weighted by Crippen LogP contribution is 2.30. The second-order valence-corrected chi connectivity index (χ2v) is 6.87. The number of aromatic nitrogens is 3.